The highest BCUT2D eigenvalue weighted by atomic mass is 127. The number of carbonyl (C=O) groups excluding carboxylic acids is 5. The van der Waals surface area contributed by atoms with Crippen LogP contribution in [-0.2, 0) is 33.9 Å². The zero-order chi connectivity index (χ0) is 37.0. The van der Waals surface area contributed by atoms with Gasteiger partial charge >= 0.3 is 18.0 Å². The van der Waals surface area contributed by atoms with Crippen molar-refractivity contribution in [2.45, 2.75) is 102 Å². The average molecular weight is 816 g/mol. The van der Waals surface area contributed by atoms with Gasteiger partial charge < -0.3 is 30.7 Å². The number of primary sulfonamides is 1. The number of benzene rings is 2. The van der Waals surface area contributed by atoms with Crippen molar-refractivity contribution in [3.05, 3.63) is 57.7 Å². The predicted octanol–water partition coefficient (Wildman–Crippen LogP) is 3.98. The number of anilines is 1. The first-order chi connectivity index (χ1) is 22.6. The summed E-state index contributed by atoms with van der Waals surface area (Å²) in [5.74, 6) is -2.20. The summed E-state index contributed by atoms with van der Waals surface area (Å²) in [5.41, 5.74) is -0.895. The second-order valence-electron chi connectivity index (χ2n) is 13.2. The lowest BCUT2D eigenvalue weighted by Crippen LogP contribution is -2.53. The number of nitrogens with two attached hydrogens (primary N) is 1. The van der Waals surface area contributed by atoms with Crippen molar-refractivity contribution < 1.29 is 41.9 Å². The van der Waals surface area contributed by atoms with Crippen LogP contribution in [0.5, 0.6) is 0 Å². The Hall–Kier alpha value is -3.77. The zero-order valence-electron chi connectivity index (χ0n) is 28.6. The Kier molecular flexibility index (Phi) is 15.5. The summed E-state index contributed by atoms with van der Waals surface area (Å²) >= 11 is 2.13. The Morgan fingerprint density at radius 3 is 1.88 bits per heavy atom. The van der Waals surface area contributed by atoms with Gasteiger partial charge in [0.05, 0.1) is 4.90 Å². The molecule has 49 heavy (non-hydrogen) atoms. The van der Waals surface area contributed by atoms with E-state index in [2.05, 4.69) is 43.9 Å². The minimum Gasteiger partial charge on any atom is -0.458 e. The maximum Gasteiger partial charge on any atom is 0.329 e. The molecule has 6 N–H and O–H groups in total. The van der Waals surface area contributed by atoms with Gasteiger partial charge in [-0.15, -0.1) is 0 Å². The average Bonchev–Trinajstić information content (AvgIpc) is 2.96. The van der Waals surface area contributed by atoms with E-state index in [1.165, 1.54) is 24.3 Å². The summed E-state index contributed by atoms with van der Waals surface area (Å²) in [6.45, 7) is 10.4. The number of rotatable bonds is 15. The number of unbranched alkanes of at least 4 members (excludes halogenated alkanes) is 1. The third kappa shape index (κ3) is 16.5. The van der Waals surface area contributed by atoms with Gasteiger partial charge in [-0.3, -0.25) is 9.59 Å². The summed E-state index contributed by atoms with van der Waals surface area (Å²) in [6, 6.07) is 9.18. The maximum atomic E-state index is 13.2. The number of hydrogen-bond acceptors (Lipinski definition) is 9. The lowest BCUT2D eigenvalue weighted by atomic mass is 10.1. The summed E-state index contributed by atoms with van der Waals surface area (Å²) in [6.07, 6.45) is 0.777. The van der Waals surface area contributed by atoms with Crippen molar-refractivity contribution in [2.75, 3.05) is 11.9 Å². The number of amides is 4. The lowest BCUT2D eigenvalue weighted by molar-refractivity contribution is -0.157. The van der Waals surface area contributed by atoms with Gasteiger partial charge in [0.1, 0.15) is 23.3 Å². The van der Waals surface area contributed by atoms with E-state index in [1.54, 1.807) is 59.7 Å². The van der Waals surface area contributed by atoms with Crippen molar-refractivity contribution in [3.8, 4) is 0 Å². The summed E-state index contributed by atoms with van der Waals surface area (Å²) in [5, 5.41) is 15.6. The van der Waals surface area contributed by atoms with Crippen LogP contribution in [0.15, 0.2) is 53.4 Å². The van der Waals surface area contributed by atoms with Crippen LogP contribution in [0.2, 0.25) is 0 Å². The first-order valence-electron chi connectivity index (χ1n) is 15.6. The molecule has 16 heteroatoms. The summed E-state index contributed by atoms with van der Waals surface area (Å²) in [4.78, 5) is 64.2. The number of ether oxygens (including phenoxy) is 2. The molecule has 2 aromatic carbocycles. The van der Waals surface area contributed by atoms with Crippen LogP contribution in [0.1, 0.15) is 84.0 Å². The molecule has 0 saturated carbocycles. The topological polar surface area (TPSA) is 212 Å². The van der Waals surface area contributed by atoms with Crippen molar-refractivity contribution in [1.82, 2.24) is 16.0 Å². The normalized spacial score (nSPS) is 13.0. The molecule has 2 rings (SSSR count). The standard InChI is InChI=1S/C33H46IN5O9S/c1-32(2,3)47-29(42)25(12-7-8-19-36-28(41)21-10-9-11-22(34)20-21)38-31(44)39-26(30(43)48-33(4,5)6)17-18-27(40)37-23-13-15-24(16-14-23)49(35,45)46/h9-11,13-16,20,25-26H,7-8,12,17-19H2,1-6H3,(H,36,41)(H,37,40)(H2,35,45,46)(H2,38,39,44). The molecular formula is C33H46IN5O9S. The van der Waals surface area contributed by atoms with Crippen LogP contribution >= 0.6 is 22.6 Å². The van der Waals surface area contributed by atoms with E-state index in [0.29, 0.717) is 30.6 Å². The molecule has 2 unspecified atom stereocenters. The van der Waals surface area contributed by atoms with Crippen LogP contribution in [-0.4, -0.2) is 68.0 Å². The Morgan fingerprint density at radius 2 is 1.37 bits per heavy atom. The highest BCUT2D eigenvalue weighted by Crippen LogP contribution is 2.16. The summed E-state index contributed by atoms with van der Waals surface area (Å²) in [7, 11) is -3.91. The van der Waals surface area contributed by atoms with Gasteiger partial charge in [-0.05, 0) is 132 Å². The smallest absolute Gasteiger partial charge is 0.329 e. The number of hydrogen-bond donors (Lipinski definition) is 5. The molecule has 4 amide bonds. The largest absolute Gasteiger partial charge is 0.458 e. The van der Waals surface area contributed by atoms with Gasteiger partial charge in [0.15, 0.2) is 0 Å². The van der Waals surface area contributed by atoms with Crippen molar-refractivity contribution >= 4 is 68.1 Å². The SMILES string of the molecule is CC(C)(C)OC(=O)C(CCCCNC(=O)c1cccc(I)c1)NC(=O)NC(CCC(=O)Nc1ccc(S(N)(=O)=O)cc1)C(=O)OC(C)(C)C. The Bertz CT molecular complexity index is 1590. The molecule has 0 heterocycles. The Labute approximate surface area is 301 Å². The van der Waals surface area contributed by atoms with Crippen molar-refractivity contribution in [2.24, 2.45) is 5.14 Å². The molecule has 0 fully saturated rings. The predicted molar refractivity (Wildman–Crippen MR) is 192 cm³/mol. The molecule has 0 spiro atoms. The van der Waals surface area contributed by atoms with E-state index in [9.17, 15) is 32.4 Å². The van der Waals surface area contributed by atoms with Gasteiger partial charge in [-0.1, -0.05) is 6.07 Å². The molecule has 0 aliphatic rings. The fourth-order valence-corrected chi connectivity index (χ4v) is 5.29. The highest BCUT2D eigenvalue weighted by Gasteiger charge is 2.30. The number of halogens is 1. The quantitative estimate of drug-likeness (QED) is 0.0999. The van der Waals surface area contributed by atoms with Crippen LogP contribution in [0.25, 0.3) is 0 Å². The molecule has 0 aliphatic heterocycles. The molecule has 0 bridgehead atoms. The van der Waals surface area contributed by atoms with Gasteiger partial charge in [0.2, 0.25) is 15.9 Å². The number of urea groups is 1. The second kappa shape index (κ2) is 18.3. The molecule has 270 valence electrons. The summed E-state index contributed by atoms with van der Waals surface area (Å²) < 4.78 is 34.9. The monoisotopic (exact) mass is 815 g/mol. The van der Waals surface area contributed by atoms with Crippen LogP contribution in [0, 0.1) is 3.57 Å². The third-order valence-electron chi connectivity index (χ3n) is 6.41. The highest BCUT2D eigenvalue weighted by molar-refractivity contribution is 14.1. The molecule has 0 aliphatic carbocycles. The van der Waals surface area contributed by atoms with Gasteiger partial charge in [0, 0.05) is 27.8 Å². The first-order valence-corrected chi connectivity index (χ1v) is 18.2. The minimum atomic E-state index is -3.91. The van der Waals surface area contributed by atoms with E-state index in [0.717, 1.165) is 3.57 Å². The number of carbonyl (C=O) groups is 5. The third-order valence-corrected chi connectivity index (χ3v) is 8.01. The van der Waals surface area contributed by atoms with Gasteiger partial charge in [-0.2, -0.15) is 0 Å². The van der Waals surface area contributed by atoms with Gasteiger partial charge in [0.25, 0.3) is 5.91 Å². The molecule has 0 radical (unpaired) electrons. The fraction of sp³-hybridized carbons (Fsp3) is 0.485. The Balaban J connectivity index is 2.05. The number of nitrogens with one attached hydrogen (secondary N) is 4. The zero-order valence-corrected chi connectivity index (χ0v) is 31.5. The molecule has 0 aromatic heterocycles. The van der Waals surface area contributed by atoms with Crippen molar-refractivity contribution in [3.63, 3.8) is 0 Å². The fourth-order valence-electron chi connectivity index (χ4n) is 4.24. The molecule has 0 saturated heterocycles. The number of sulfonamides is 1. The maximum absolute atomic E-state index is 13.2. The van der Waals surface area contributed by atoms with E-state index < -0.39 is 57.2 Å². The Morgan fingerprint density at radius 1 is 0.816 bits per heavy atom. The van der Waals surface area contributed by atoms with Crippen LogP contribution in [0.3, 0.4) is 0 Å². The molecule has 14 nitrogen and oxygen atoms in total. The van der Waals surface area contributed by atoms with Crippen LogP contribution < -0.4 is 26.4 Å². The van der Waals surface area contributed by atoms with Crippen LogP contribution in [0.4, 0.5) is 10.5 Å². The second-order valence-corrected chi connectivity index (χ2v) is 16.0. The lowest BCUT2D eigenvalue weighted by Gasteiger charge is -2.27. The minimum absolute atomic E-state index is 0.125. The molecule has 2 atom stereocenters. The van der Waals surface area contributed by atoms with E-state index in [1.807, 2.05) is 6.07 Å². The van der Waals surface area contributed by atoms with E-state index >= 15 is 0 Å². The first kappa shape index (κ1) is 41.4. The molecular weight excluding hydrogens is 769 g/mol. The van der Waals surface area contributed by atoms with E-state index in [-0.39, 0.29) is 30.1 Å². The number of esters is 2. The van der Waals surface area contributed by atoms with Crippen molar-refractivity contribution in [1.29, 1.82) is 0 Å². The van der Waals surface area contributed by atoms with Gasteiger partial charge in [-0.25, -0.2) is 27.9 Å². The molecule has 2 aromatic rings. The van der Waals surface area contributed by atoms with E-state index in [4.69, 9.17) is 14.6 Å².